The van der Waals surface area contributed by atoms with Crippen molar-refractivity contribution in [1.82, 2.24) is 16.2 Å². The van der Waals surface area contributed by atoms with Crippen LogP contribution < -0.4 is 16.2 Å². The van der Waals surface area contributed by atoms with Crippen molar-refractivity contribution in [3.8, 4) is 0 Å². The molecule has 19 heavy (non-hydrogen) atoms. The van der Waals surface area contributed by atoms with Gasteiger partial charge < -0.3 is 5.32 Å². The van der Waals surface area contributed by atoms with Gasteiger partial charge in [-0.1, -0.05) is 30.3 Å². The first-order valence-electron chi connectivity index (χ1n) is 6.21. The molecule has 1 aromatic rings. The molecule has 0 spiro atoms. The van der Waals surface area contributed by atoms with E-state index < -0.39 is 0 Å². The van der Waals surface area contributed by atoms with Crippen LogP contribution in [0.3, 0.4) is 0 Å². The van der Waals surface area contributed by atoms with Gasteiger partial charge in [-0.2, -0.15) is 0 Å². The molecule has 1 fully saturated rings. The lowest BCUT2D eigenvalue weighted by atomic mass is 10.2. The second kappa shape index (κ2) is 7.35. The van der Waals surface area contributed by atoms with E-state index >= 15 is 0 Å². The predicted octanol–water partition coefficient (Wildman–Crippen LogP) is 1.58. The summed E-state index contributed by atoms with van der Waals surface area (Å²) in [6.45, 7) is 0. The van der Waals surface area contributed by atoms with Crippen LogP contribution >= 0.6 is 24.0 Å². The number of nitrogens with one attached hydrogen (secondary N) is 3. The molecule has 0 aliphatic heterocycles. The van der Waals surface area contributed by atoms with Crippen molar-refractivity contribution >= 4 is 35.0 Å². The van der Waals surface area contributed by atoms with Crippen LogP contribution in [0.2, 0.25) is 0 Å². The summed E-state index contributed by atoms with van der Waals surface area (Å²) in [7, 11) is 0. The fraction of sp³-hybridized carbons (Fsp3) is 0.385. The van der Waals surface area contributed by atoms with Crippen LogP contribution in [0.4, 0.5) is 0 Å². The predicted molar refractivity (Wildman–Crippen MR) is 82.6 cm³/mol. The molecule has 4 nitrogen and oxygen atoms in total. The molecule has 0 radical (unpaired) electrons. The average molecular weight is 295 g/mol. The summed E-state index contributed by atoms with van der Waals surface area (Å²) >= 11 is 6.61. The Bertz CT molecular complexity index is 435. The molecule has 0 aromatic heterocycles. The first-order valence-corrected chi connectivity index (χ1v) is 7.77. The van der Waals surface area contributed by atoms with Gasteiger partial charge >= 0.3 is 0 Å². The number of thioether (sulfide) groups is 1. The van der Waals surface area contributed by atoms with Crippen LogP contribution in [0.15, 0.2) is 30.3 Å². The number of carbonyl (C=O) groups is 1. The van der Waals surface area contributed by atoms with Crippen molar-refractivity contribution in [1.29, 1.82) is 0 Å². The minimum absolute atomic E-state index is 0.0686. The zero-order valence-corrected chi connectivity index (χ0v) is 12.2. The fourth-order valence-electron chi connectivity index (χ4n) is 1.45. The summed E-state index contributed by atoms with van der Waals surface area (Å²) in [5.41, 5.74) is 6.52. The normalized spacial score (nSPS) is 13.7. The fourth-order valence-corrected chi connectivity index (χ4v) is 2.45. The quantitative estimate of drug-likeness (QED) is 0.569. The zero-order valence-electron chi connectivity index (χ0n) is 10.5. The molecule has 0 bridgehead atoms. The molecule has 1 amide bonds. The van der Waals surface area contributed by atoms with Crippen LogP contribution in [-0.2, 0) is 10.5 Å². The van der Waals surface area contributed by atoms with Gasteiger partial charge in [0.05, 0.1) is 5.75 Å². The van der Waals surface area contributed by atoms with E-state index in [0.29, 0.717) is 16.9 Å². The Morgan fingerprint density at radius 1 is 1.26 bits per heavy atom. The number of hydrogen-bond acceptors (Lipinski definition) is 3. The van der Waals surface area contributed by atoms with Gasteiger partial charge in [-0.05, 0) is 30.6 Å². The minimum Gasteiger partial charge on any atom is -0.359 e. The molecular formula is C13H17N3OS2. The molecule has 0 atom stereocenters. The van der Waals surface area contributed by atoms with Crippen molar-refractivity contribution in [2.75, 3.05) is 5.75 Å². The highest BCUT2D eigenvalue weighted by Gasteiger charge is 2.21. The number of benzene rings is 1. The van der Waals surface area contributed by atoms with E-state index in [0.717, 1.165) is 18.6 Å². The van der Waals surface area contributed by atoms with Gasteiger partial charge in [0, 0.05) is 11.8 Å². The van der Waals surface area contributed by atoms with Gasteiger partial charge in [-0.25, -0.2) is 0 Å². The van der Waals surface area contributed by atoms with E-state index in [1.807, 2.05) is 18.2 Å². The van der Waals surface area contributed by atoms with E-state index in [1.165, 1.54) is 5.56 Å². The lowest BCUT2D eigenvalue weighted by Crippen LogP contribution is -2.47. The van der Waals surface area contributed by atoms with Crippen molar-refractivity contribution < 1.29 is 4.79 Å². The molecule has 1 saturated carbocycles. The highest BCUT2D eigenvalue weighted by Crippen LogP contribution is 2.18. The van der Waals surface area contributed by atoms with Gasteiger partial charge in [0.1, 0.15) is 0 Å². The summed E-state index contributed by atoms with van der Waals surface area (Å²) in [6, 6.07) is 10.6. The number of carbonyl (C=O) groups excluding carboxylic acids is 1. The molecule has 3 N–H and O–H groups in total. The Hall–Kier alpha value is -1.27. The Morgan fingerprint density at radius 2 is 2.00 bits per heavy atom. The van der Waals surface area contributed by atoms with E-state index in [9.17, 15) is 4.79 Å². The Balaban J connectivity index is 1.55. The molecule has 2 rings (SSSR count). The Kier molecular flexibility index (Phi) is 5.47. The maximum Gasteiger partial charge on any atom is 0.248 e. The smallest absolute Gasteiger partial charge is 0.248 e. The zero-order chi connectivity index (χ0) is 13.5. The van der Waals surface area contributed by atoms with Gasteiger partial charge in [-0.3, -0.25) is 15.6 Å². The van der Waals surface area contributed by atoms with E-state index in [1.54, 1.807) is 11.8 Å². The summed E-state index contributed by atoms with van der Waals surface area (Å²) in [5.74, 6) is 1.17. The lowest BCUT2D eigenvalue weighted by molar-refractivity contribution is -0.119. The van der Waals surface area contributed by atoms with Crippen LogP contribution in [0.25, 0.3) is 0 Å². The Morgan fingerprint density at radius 3 is 2.68 bits per heavy atom. The molecule has 0 heterocycles. The van der Waals surface area contributed by atoms with Crippen LogP contribution in [0.5, 0.6) is 0 Å². The van der Waals surface area contributed by atoms with Crippen LogP contribution in [-0.4, -0.2) is 22.8 Å². The SMILES string of the molecule is O=C(CSCc1ccccc1)NNC(=S)NC1CC1. The summed E-state index contributed by atoms with van der Waals surface area (Å²) < 4.78 is 0. The summed E-state index contributed by atoms with van der Waals surface area (Å²) in [6.07, 6.45) is 2.31. The third-order valence-electron chi connectivity index (χ3n) is 2.57. The standard InChI is InChI=1S/C13H17N3OS2/c17-12(15-16-13(18)14-11-6-7-11)9-19-8-10-4-2-1-3-5-10/h1-5,11H,6-9H2,(H,15,17)(H2,14,16,18). The lowest BCUT2D eigenvalue weighted by Gasteiger charge is -2.10. The highest BCUT2D eigenvalue weighted by molar-refractivity contribution is 7.99. The summed E-state index contributed by atoms with van der Waals surface area (Å²) in [5, 5.41) is 3.58. The van der Waals surface area contributed by atoms with Crippen LogP contribution in [0.1, 0.15) is 18.4 Å². The van der Waals surface area contributed by atoms with Crippen molar-refractivity contribution in [2.24, 2.45) is 0 Å². The van der Waals surface area contributed by atoms with E-state index in [-0.39, 0.29) is 5.91 Å². The maximum atomic E-state index is 11.6. The molecule has 0 unspecified atom stereocenters. The van der Waals surface area contributed by atoms with Gasteiger partial charge in [-0.15, -0.1) is 11.8 Å². The highest BCUT2D eigenvalue weighted by atomic mass is 32.2. The first kappa shape index (κ1) is 14.1. The molecule has 1 aromatic carbocycles. The van der Waals surface area contributed by atoms with Gasteiger partial charge in [0.15, 0.2) is 5.11 Å². The minimum atomic E-state index is -0.0686. The maximum absolute atomic E-state index is 11.6. The van der Waals surface area contributed by atoms with Crippen LogP contribution in [0, 0.1) is 0 Å². The number of hydrazine groups is 1. The molecule has 1 aliphatic rings. The van der Waals surface area contributed by atoms with E-state index in [2.05, 4.69) is 28.3 Å². The summed E-state index contributed by atoms with van der Waals surface area (Å²) in [4.78, 5) is 11.6. The second-order valence-electron chi connectivity index (χ2n) is 4.40. The van der Waals surface area contributed by atoms with Crippen molar-refractivity contribution in [3.05, 3.63) is 35.9 Å². The monoisotopic (exact) mass is 295 g/mol. The van der Waals surface area contributed by atoms with Gasteiger partial charge in [0.25, 0.3) is 0 Å². The molecule has 6 heteroatoms. The molecular weight excluding hydrogens is 278 g/mol. The molecule has 102 valence electrons. The number of amides is 1. The number of hydrogen-bond donors (Lipinski definition) is 3. The van der Waals surface area contributed by atoms with Crippen molar-refractivity contribution in [2.45, 2.75) is 24.6 Å². The van der Waals surface area contributed by atoms with E-state index in [4.69, 9.17) is 12.2 Å². The average Bonchev–Trinajstić information content (AvgIpc) is 3.22. The van der Waals surface area contributed by atoms with Crippen molar-refractivity contribution in [3.63, 3.8) is 0 Å². The topological polar surface area (TPSA) is 53.2 Å². The van der Waals surface area contributed by atoms with Gasteiger partial charge in [0.2, 0.25) is 5.91 Å². The number of rotatable bonds is 5. The first-order chi connectivity index (χ1) is 9.24. The number of thiocarbonyl (C=S) groups is 1. The molecule has 0 saturated heterocycles. The Labute approximate surface area is 122 Å². The second-order valence-corrected chi connectivity index (χ2v) is 5.79. The largest absolute Gasteiger partial charge is 0.359 e. The molecule has 1 aliphatic carbocycles. The third-order valence-corrected chi connectivity index (χ3v) is 3.80. The third kappa shape index (κ3) is 5.94.